The summed E-state index contributed by atoms with van der Waals surface area (Å²) in [6.07, 6.45) is 4.59. The molecule has 124 valence electrons. The first-order chi connectivity index (χ1) is 11.3. The van der Waals surface area contributed by atoms with Crippen LogP contribution in [0.1, 0.15) is 24.0 Å². The molecule has 2 aromatic heterocycles. The van der Waals surface area contributed by atoms with Gasteiger partial charge in [0.1, 0.15) is 11.9 Å². The molecule has 0 aromatic carbocycles. The fourth-order valence-corrected chi connectivity index (χ4v) is 2.87. The summed E-state index contributed by atoms with van der Waals surface area (Å²) in [6, 6.07) is 5.83. The maximum atomic E-state index is 5.90. The average molecular weight is 317 g/mol. The van der Waals surface area contributed by atoms with Gasteiger partial charge in [-0.2, -0.15) is 5.10 Å². The Morgan fingerprint density at radius 1 is 1.43 bits per heavy atom. The van der Waals surface area contributed by atoms with Crippen LogP contribution in [0.3, 0.4) is 0 Å². The predicted octanol–water partition coefficient (Wildman–Crippen LogP) is 1.46. The molecule has 7 nitrogen and oxygen atoms in total. The Bertz CT molecular complexity index is 635. The van der Waals surface area contributed by atoms with Gasteiger partial charge in [-0.15, -0.1) is 0 Å². The Hall–Kier alpha value is -2.28. The van der Waals surface area contributed by atoms with Crippen LogP contribution in [0.25, 0.3) is 0 Å². The van der Waals surface area contributed by atoms with E-state index in [1.807, 2.05) is 36.1 Å². The summed E-state index contributed by atoms with van der Waals surface area (Å²) in [7, 11) is 3.71. The van der Waals surface area contributed by atoms with Crippen LogP contribution in [0, 0.1) is 5.92 Å². The first kappa shape index (κ1) is 15.6. The third-order valence-electron chi connectivity index (χ3n) is 4.13. The van der Waals surface area contributed by atoms with E-state index in [2.05, 4.69) is 20.7 Å². The fraction of sp³-hybridized carbons (Fsp3) is 0.500. The lowest BCUT2D eigenvalue weighted by molar-refractivity contribution is 0.0848. The van der Waals surface area contributed by atoms with Crippen LogP contribution in [0.15, 0.2) is 40.1 Å². The van der Waals surface area contributed by atoms with Crippen molar-refractivity contribution in [1.29, 1.82) is 0 Å². The number of hydrogen-bond donors (Lipinski definition) is 2. The van der Waals surface area contributed by atoms with Gasteiger partial charge in [-0.3, -0.25) is 9.67 Å². The molecule has 23 heavy (non-hydrogen) atoms. The highest BCUT2D eigenvalue weighted by molar-refractivity contribution is 5.79. The summed E-state index contributed by atoms with van der Waals surface area (Å²) in [5.41, 5.74) is 1.12. The van der Waals surface area contributed by atoms with Crippen LogP contribution >= 0.6 is 0 Å². The van der Waals surface area contributed by atoms with Gasteiger partial charge in [0.05, 0.1) is 18.5 Å². The molecule has 2 N–H and O–H groups in total. The van der Waals surface area contributed by atoms with Gasteiger partial charge < -0.3 is 19.8 Å². The second kappa shape index (κ2) is 7.32. The van der Waals surface area contributed by atoms with Crippen molar-refractivity contribution in [2.45, 2.75) is 19.1 Å². The number of aliphatic imine (C=N–C) groups is 1. The summed E-state index contributed by atoms with van der Waals surface area (Å²) < 4.78 is 13.1. The molecule has 0 bridgehead atoms. The average Bonchev–Trinajstić information content (AvgIpc) is 3.28. The Kier molecular flexibility index (Phi) is 4.97. The van der Waals surface area contributed by atoms with E-state index in [1.165, 1.54) is 0 Å². The number of rotatable bonds is 5. The molecule has 0 saturated carbocycles. The number of aryl methyl sites for hydroxylation is 1. The van der Waals surface area contributed by atoms with E-state index in [1.54, 1.807) is 13.3 Å². The molecule has 1 fully saturated rings. The number of guanidine groups is 1. The van der Waals surface area contributed by atoms with Crippen molar-refractivity contribution in [2.24, 2.45) is 18.0 Å². The van der Waals surface area contributed by atoms with E-state index in [4.69, 9.17) is 9.15 Å². The number of ether oxygens (including phenoxy) is 1. The van der Waals surface area contributed by atoms with Crippen molar-refractivity contribution in [2.75, 3.05) is 20.2 Å². The van der Waals surface area contributed by atoms with Crippen LogP contribution in [-0.2, 0) is 18.3 Å². The molecule has 1 aliphatic rings. The maximum absolute atomic E-state index is 5.90. The minimum Gasteiger partial charge on any atom is -0.467 e. The van der Waals surface area contributed by atoms with Crippen LogP contribution < -0.4 is 10.6 Å². The summed E-state index contributed by atoms with van der Waals surface area (Å²) in [6.45, 7) is 2.19. The highest BCUT2D eigenvalue weighted by Crippen LogP contribution is 2.33. The molecule has 1 aliphatic heterocycles. The van der Waals surface area contributed by atoms with Crippen molar-refractivity contribution in [3.05, 3.63) is 42.1 Å². The van der Waals surface area contributed by atoms with E-state index < -0.39 is 0 Å². The molecule has 0 aliphatic carbocycles. The number of hydrogen-bond acceptors (Lipinski definition) is 4. The Morgan fingerprint density at radius 3 is 3.04 bits per heavy atom. The van der Waals surface area contributed by atoms with Crippen molar-refractivity contribution < 1.29 is 9.15 Å². The molecular formula is C16H23N5O2. The maximum Gasteiger partial charge on any atom is 0.191 e. The van der Waals surface area contributed by atoms with E-state index in [0.717, 1.165) is 37.0 Å². The number of nitrogens with zero attached hydrogens (tertiary/aromatic N) is 3. The number of nitrogens with one attached hydrogen (secondary N) is 2. The molecule has 2 atom stereocenters. The SMILES string of the molecule is CN=C(NCc1ccco1)NC[C@@H]1CCO[C@H]1c1ccnn1C. The van der Waals surface area contributed by atoms with E-state index in [-0.39, 0.29) is 6.10 Å². The fourth-order valence-electron chi connectivity index (χ4n) is 2.87. The van der Waals surface area contributed by atoms with E-state index >= 15 is 0 Å². The smallest absolute Gasteiger partial charge is 0.191 e. The van der Waals surface area contributed by atoms with Gasteiger partial charge in [-0.25, -0.2) is 0 Å². The van der Waals surface area contributed by atoms with Gasteiger partial charge in [-0.05, 0) is 24.6 Å². The Labute approximate surface area is 135 Å². The molecule has 0 spiro atoms. The lowest BCUT2D eigenvalue weighted by atomic mass is 9.99. The third kappa shape index (κ3) is 3.73. The molecule has 1 saturated heterocycles. The minimum absolute atomic E-state index is 0.0816. The van der Waals surface area contributed by atoms with Gasteiger partial charge in [0.15, 0.2) is 5.96 Å². The topological polar surface area (TPSA) is 76.6 Å². The van der Waals surface area contributed by atoms with Crippen molar-refractivity contribution in [1.82, 2.24) is 20.4 Å². The molecule has 7 heteroatoms. The van der Waals surface area contributed by atoms with Gasteiger partial charge in [0.2, 0.25) is 0 Å². The molecule has 0 radical (unpaired) electrons. The lowest BCUT2D eigenvalue weighted by Crippen LogP contribution is -2.40. The molecule has 2 aromatic rings. The summed E-state index contributed by atoms with van der Waals surface area (Å²) >= 11 is 0. The zero-order valence-corrected chi connectivity index (χ0v) is 13.5. The summed E-state index contributed by atoms with van der Waals surface area (Å²) in [5, 5.41) is 10.9. The summed E-state index contributed by atoms with van der Waals surface area (Å²) in [4.78, 5) is 4.25. The zero-order chi connectivity index (χ0) is 16.1. The molecule has 3 heterocycles. The lowest BCUT2D eigenvalue weighted by Gasteiger charge is -2.20. The molecule has 3 rings (SSSR count). The molecular weight excluding hydrogens is 294 g/mol. The summed E-state index contributed by atoms with van der Waals surface area (Å²) in [5.74, 6) is 2.04. The zero-order valence-electron chi connectivity index (χ0n) is 13.5. The van der Waals surface area contributed by atoms with Gasteiger partial charge >= 0.3 is 0 Å². The van der Waals surface area contributed by atoms with Gasteiger partial charge in [0, 0.05) is 39.4 Å². The van der Waals surface area contributed by atoms with E-state index in [9.17, 15) is 0 Å². The van der Waals surface area contributed by atoms with Crippen LogP contribution in [0.5, 0.6) is 0 Å². The molecule has 0 unspecified atom stereocenters. The van der Waals surface area contributed by atoms with Crippen LogP contribution in [-0.4, -0.2) is 35.9 Å². The second-order valence-corrected chi connectivity index (χ2v) is 5.61. The highest BCUT2D eigenvalue weighted by Gasteiger charge is 2.31. The minimum atomic E-state index is 0.0816. The largest absolute Gasteiger partial charge is 0.467 e. The Morgan fingerprint density at radius 2 is 2.35 bits per heavy atom. The second-order valence-electron chi connectivity index (χ2n) is 5.61. The van der Waals surface area contributed by atoms with Crippen molar-refractivity contribution in [3.8, 4) is 0 Å². The Balaban J connectivity index is 1.53. The quantitative estimate of drug-likeness (QED) is 0.645. The predicted molar refractivity (Wildman–Crippen MR) is 86.9 cm³/mol. The highest BCUT2D eigenvalue weighted by atomic mass is 16.5. The first-order valence-electron chi connectivity index (χ1n) is 7.84. The number of aromatic nitrogens is 2. The van der Waals surface area contributed by atoms with Crippen LogP contribution in [0.2, 0.25) is 0 Å². The first-order valence-corrected chi connectivity index (χ1v) is 7.84. The third-order valence-corrected chi connectivity index (χ3v) is 4.13. The monoisotopic (exact) mass is 317 g/mol. The van der Waals surface area contributed by atoms with Crippen LogP contribution in [0.4, 0.5) is 0 Å². The molecule has 0 amide bonds. The van der Waals surface area contributed by atoms with E-state index in [0.29, 0.717) is 12.5 Å². The van der Waals surface area contributed by atoms with Gasteiger partial charge in [0.25, 0.3) is 0 Å². The van der Waals surface area contributed by atoms with Crippen molar-refractivity contribution in [3.63, 3.8) is 0 Å². The number of furan rings is 1. The standard InChI is InChI=1S/C16H23N5O2/c1-17-16(19-11-13-4-3-8-22-13)18-10-12-6-9-23-15(12)14-5-7-20-21(14)2/h3-5,7-8,12,15H,6,9-11H2,1-2H3,(H2,17,18,19)/t12-,15+/m0/s1. The van der Waals surface area contributed by atoms with Gasteiger partial charge in [-0.1, -0.05) is 0 Å². The van der Waals surface area contributed by atoms with Crippen molar-refractivity contribution >= 4 is 5.96 Å². The normalized spacial score (nSPS) is 21.6.